The molecule has 3 aromatic heterocycles. The predicted molar refractivity (Wildman–Crippen MR) is 132 cm³/mol. The minimum atomic E-state index is -4.29. The van der Waals surface area contributed by atoms with Gasteiger partial charge in [0, 0.05) is 5.22 Å². The van der Waals surface area contributed by atoms with Crippen LogP contribution in [0.1, 0.15) is 28.5 Å². The summed E-state index contributed by atoms with van der Waals surface area (Å²) in [7, 11) is -4.29. The zero-order valence-corrected chi connectivity index (χ0v) is 20.5. The van der Waals surface area contributed by atoms with Gasteiger partial charge in [0.1, 0.15) is 21.7 Å². The Morgan fingerprint density at radius 2 is 1.83 bits per heavy atom. The third-order valence-electron chi connectivity index (χ3n) is 5.50. The number of hydrogen-bond donors (Lipinski definition) is 1. The number of esters is 1. The fourth-order valence-corrected chi connectivity index (χ4v) is 6.68. The first-order valence-corrected chi connectivity index (χ1v) is 13.2. The maximum Gasteiger partial charge on any atom is 0.346 e. The third-order valence-corrected chi connectivity index (χ3v) is 8.57. The topological polar surface area (TPSA) is 135 Å². The summed E-state index contributed by atoms with van der Waals surface area (Å²) in [4.78, 5) is 27.0. The van der Waals surface area contributed by atoms with Crippen molar-refractivity contribution >= 4 is 50.1 Å². The van der Waals surface area contributed by atoms with E-state index in [4.69, 9.17) is 19.3 Å². The van der Waals surface area contributed by atoms with E-state index in [9.17, 15) is 18.0 Å². The predicted octanol–water partition coefficient (Wildman–Crippen LogP) is 2.72. The van der Waals surface area contributed by atoms with Gasteiger partial charge in [-0.05, 0) is 49.4 Å². The van der Waals surface area contributed by atoms with Gasteiger partial charge in [-0.3, -0.25) is 9.36 Å². The van der Waals surface area contributed by atoms with Crippen molar-refractivity contribution < 1.29 is 31.6 Å². The molecule has 4 heterocycles. The van der Waals surface area contributed by atoms with Gasteiger partial charge in [-0.25, -0.2) is 13.2 Å². The molecule has 0 saturated heterocycles. The molecule has 11 heteroatoms. The molecule has 0 fully saturated rings. The number of nitrogens with two attached hydrogens (primary N) is 1. The zero-order chi connectivity index (χ0) is 25.4. The van der Waals surface area contributed by atoms with Crippen LogP contribution in [0.15, 0.2) is 85.9 Å². The van der Waals surface area contributed by atoms with E-state index < -0.39 is 32.0 Å². The number of furan rings is 2. The van der Waals surface area contributed by atoms with Crippen LogP contribution in [0.5, 0.6) is 0 Å². The highest BCUT2D eigenvalue weighted by atomic mass is 32.2. The minimum Gasteiger partial charge on any atom is -0.468 e. The van der Waals surface area contributed by atoms with E-state index in [0.29, 0.717) is 5.76 Å². The summed E-state index contributed by atoms with van der Waals surface area (Å²) in [6, 6.07) is 14.1. The van der Waals surface area contributed by atoms with Crippen molar-refractivity contribution in [1.29, 1.82) is 0 Å². The highest BCUT2D eigenvalue weighted by Gasteiger charge is 2.41. The first-order chi connectivity index (χ1) is 17.3. The van der Waals surface area contributed by atoms with Crippen molar-refractivity contribution in [2.24, 2.45) is 0 Å². The van der Waals surface area contributed by atoms with E-state index in [2.05, 4.69) is 0 Å². The summed E-state index contributed by atoms with van der Waals surface area (Å²) in [6.45, 7) is 1.72. The molecule has 5 rings (SSSR count). The fourth-order valence-electron chi connectivity index (χ4n) is 3.96. The Labute approximate surface area is 209 Å². The fraction of sp³-hybridized carbons (Fsp3) is 0.120. The van der Waals surface area contributed by atoms with Gasteiger partial charge in [-0.2, -0.15) is 0 Å². The molecule has 0 spiro atoms. The number of sulfone groups is 1. The van der Waals surface area contributed by atoms with E-state index in [1.807, 2.05) is 0 Å². The van der Waals surface area contributed by atoms with Crippen LogP contribution in [0.4, 0.5) is 5.69 Å². The molecule has 0 unspecified atom stereocenters. The number of benzene rings is 1. The van der Waals surface area contributed by atoms with Crippen molar-refractivity contribution in [2.45, 2.75) is 22.1 Å². The van der Waals surface area contributed by atoms with E-state index >= 15 is 0 Å². The number of nitrogens with zero attached hydrogens (tertiary/aromatic N) is 1. The lowest BCUT2D eigenvalue weighted by Crippen LogP contribution is -2.42. The average molecular weight is 525 g/mol. The van der Waals surface area contributed by atoms with E-state index in [0.717, 1.165) is 16.3 Å². The Bertz CT molecular complexity index is 1670. The molecular formula is C25H20N2O7S2. The molecule has 4 aromatic rings. The van der Waals surface area contributed by atoms with Crippen molar-refractivity contribution in [3.63, 3.8) is 0 Å². The Morgan fingerprint density at radius 1 is 1.11 bits per heavy atom. The number of rotatable bonds is 6. The molecule has 1 atom stereocenters. The summed E-state index contributed by atoms with van der Waals surface area (Å²) < 4.78 is 44.8. The molecular weight excluding hydrogens is 504 g/mol. The van der Waals surface area contributed by atoms with E-state index in [-0.39, 0.29) is 38.4 Å². The van der Waals surface area contributed by atoms with Crippen LogP contribution >= 0.6 is 11.8 Å². The average Bonchev–Trinajstić information content (AvgIpc) is 3.63. The van der Waals surface area contributed by atoms with Crippen LogP contribution < -0.4 is 16.3 Å². The summed E-state index contributed by atoms with van der Waals surface area (Å²) >= 11 is 0.920. The van der Waals surface area contributed by atoms with Crippen molar-refractivity contribution in [2.75, 3.05) is 12.3 Å². The van der Waals surface area contributed by atoms with Gasteiger partial charge < -0.3 is 19.3 Å². The Kier molecular flexibility index (Phi) is 6.10. The maximum absolute atomic E-state index is 13.9. The summed E-state index contributed by atoms with van der Waals surface area (Å²) in [5.41, 5.74) is 6.27. The first-order valence-electron chi connectivity index (χ1n) is 10.9. The number of fused-ring (bicyclic) bond motifs is 1. The molecule has 184 valence electrons. The molecule has 2 N–H and O–H groups in total. The highest BCUT2D eigenvalue weighted by Crippen LogP contribution is 2.40. The lowest BCUT2D eigenvalue weighted by molar-refractivity contribution is -0.135. The lowest BCUT2D eigenvalue weighted by atomic mass is 10.2. The second-order valence-corrected chi connectivity index (χ2v) is 10.7. The summed E-state index contributed by atoms with van der Waals surface area (Å²) in [5.74, 6) is -0.738. The number of aromatic nitrogens is 1. The smallest absolute Gasteiger partial charge is 0.346 e. The van der Waals surface area contributed by atoms with Crippen LogP contribution in [0.2, 0.25) is 0 Å². The van der Waals surface area contributed by atoms with Crippen molar-refractivity contribution in [1.82, 2.24) is 4.57 Å². The second kappa shape index (κ2) is 9.25. The first kappa shape index (κ1) is 23.8. The largest absolute Gasteiger partial charge is 0.468 e. The quantitative estimate of drug-likeness (QED) is 0.378. The summed E-state index contributed by atoms with van der Waals surface area (Å²) in [6.07, 6.45) is 4.32. The van der Waals surface area contributed by atoms with Crippen LogP contribution in [-0.2, 0) is 19.4 Å². The number of thioether (sulfide) groups is 1. The standard InChI is InChI=1S/C25H20N2O7S2/c1-2-32-25(29)22-20-17(14-15-8-6-12-33-15)19(26)24(36(30,31)16-9-4-3-5-10-16)27(20)23(28)21(35-22)18-11-7-13-34-18/h3-14,21H,2,26H2,1H3/b17-14+/t21-/m1/s1. The van der Waals surface area contributed by atoms with Crippen molar-refractivity contribution in [3.05, 3.63) is 89.2 Å². The normalized spacial score (nSPS) is 16.2. The molecule has 0 amide bonds. The van der Waals surface area contributed by atoms with Crippen LogP contribution in [0.3, 0.4) is 0 Å². The number of ether oxygens (including phenoxy) is 1. The molecule has 1 aliphatic heterocycles. The molecule has 0 aliphatic carbocycles. The molecule has 36 heavy (non-hydrogen) atoms. The molecule has 0 bridgehead atoms. The van der Waals surface area contributed by atoms with Gasteiger partial charge in [0.15, 0.2) is 5.03 Å². The minimum absolute atomic E-state index is 0.0228. The lowest BCUT2D eigenvalue weighted by Gasteiger charge is -2.22. The Morgan fingerprint density at radius 3 is 2.47 bits per heavy atom. The Hall–Kier alpha value is -3.96. The van der Waals surface area contributed by atoms with Gasteiger partial charge in [-0.1, -0.05) is 30.0 Å². The van der Waals surface area contributed by atoms with Gasteiger partial charge >= 0.3 is 5.97 Å². The molecule has 0 saturated carbocycles. The third kappa shape index (κ3) is 3.86. The van der Waals surface area contributed by atoms with Gasteiger partial charge in [0.05, 0.1) is 35.1 Å². The van der Waals surface area contributed by atoms with Crippen LogP contribution in [0.25, 0.3) is 11.0 Å². The number of nitrogen functional groups attached to an aromatic ring is 1. The molecule has 1 aromatic carbocycles. The summed E-state index contributed by atoms with van der Waals surface area (Å²) in [5, 5.41) is -1.30. The number of carbonyl (C=O) groups is 2. The SMILES string of the molecule is CCOC(=O)C1=c2/c(=C/c3ccco3)c(N)c(S(=O)(=O)c3ccccc3)n2C(=O)[C@@H](c2ccco2)S1. The Balaban J connectivity index is 1.93. The van der Waals surface area contributed by atoms with Crippen LogP contribution in [-0.4, -0.2) is 31.5 Å². The number of carbonyl (C=O) groups excluding carboxylic acids is 2. The second-order valence-electron chi connectivity index (χ2n) is 7.69. The monoisotopic (exact) mass is 524 g/mol. The van der Waals surface area contributed by atoms with Gasteiger partial charge in [0.25, 0.3) is 5.91 Å². The molecule has 0 radical (unpaired) electrons. The maximum atomic E-state index is 13.9. The van der Waals surface area contributed by atoms with E-state index in [1.165, 1.54) is 30.7 Å². The van der Waals surface area contributed by atoms with Crippen LogP contribution in [0, 0.1) is 0 Å². The van der Waals surface area contributed by atoms with Gasteiger partial charge in [0.2, 0.25) is 9.84 Å². The number of anilines is 1. The van der Waals surface area contributed by atoms with E-state index in [1.54, 1.807) is 49.4 Å². The number of hydrogen-bond acceptors (Lipinski definition) is 9. The highest BCUT2D eigenvalue weighted by molar-refractivity contribution is 8.10. The zero-order valence-electron chi connectivity index (χ0n) is 18.9. The molecule has 9 nitrogen and oxygen atoms in total. The van der Waals surface area contributed by atoms with Crippen molar-refractivity contribution in [3.8, 4) is 0 Å². The molecule has 1 aliphatic rings. The van der Waals surface area contributed by atoms with Gasteiger partial charge in [-0.15, -0.1) is 0 Å².